The zero-order valence-corrected chi connectivity index (χ0v) is 21.8. The summed E-state index contributed by atoms with van der Waals surface area (Å²) >= 11 is 18.0. The van der Waals surface area contributed by atoms with Gasteiger partial charge in [-0.1, -0.05) is 59.1 Å². The number of amides is 1. The molecule has 192 valence electrons. The van der Waals surface area contributed by atoms with Crippen LogP contribution in [0.4, 0.5) is 4.39 Å². The second-order valence-electron chi connectivity index (χ2n) is 8.67. The third-order valence-corrected chi connectivity index (χ3v) is 7.01. The highest BCUT2D eigenvalue weighted by atomic mass is 35.5. The Kier molecular flexibility index (Phi) is 8.82. The molecule has 0 spiro atoms. The van der Waals surface area contributed by atoms with Crippen molar-refractivity contribution in [3.8, 4) is 0 Å². The lowest BCUT2D eigenvalue weighted by atomic mass is 10.00. The predicted molar refractivity (Wildman–Crippen MR) is 143 cm³/mol. The second-order valence-corrected chi connectivity index (χ2v) is 9.89. The van der Waals surface area contributed by atoms with E-state index in [-0.39, 0.29) is 27.1 Å². The summed E-state index contributed by atoms with van der Waals surface area (Å²) < 4.78 is 13.4. The molecule has 0 unspecified atom stereocenters. The van der Waals surface area contributed by atoms with Gasteiger partial charge in [0.1, 0.15) is 11.9 Å². The van der Waals surface area contributed by atoms with Crippen molar-refractivity contribution in [2.45, 2.75) is 25.4 Å². The smallest absolute Gasteiger partial charge is 0.326 e. The van der Waals surface area contributed by atoms with E-state index in [0.717, 1.165) is 36.2 Å². The third kappa shape index (κ3) is 6.87. The fraction of sp³-hybridized carbons (Fsp3) is 0.222. The quantitative estimate of drug-likeness (QED) is 0.357. The highest BCUT2D eigenvalue weighted by molar-refractivity contribution is 6.39. The molecule has 0 fully saturated rings. The number of nitrogens with one attached hydrogen (secondary N) is 1. The van der Waals surface area contributed by atoms with Crippen LogP contribution < -0.4 is 5.32 Å². The summed E-state index contributed by atoms with van der Waals surface area (Å²) in [6.07, 6.45) is 4.64. The van der Waals surface area contributed by atoms with Gasteiger partial charge in [0.2, 0.25) is 0 Å². The van der Waals surface area contributed by atoms with Gasteiger partial charge in [0.25, 0.3) is 5.91 Å². The molecule has 1 aromatic heterocycles. The molecule has 0 radical (unpaired) electrons. The third-order valence-electron chi connectivity index (χ3n) is 6.09. The molecule has 10 heteroatoms. The van der Waals surface area contributed by atoms with Crippen LogP contribution >= 0.6 is 34.8 Å². The molecule has 0 aliphatic carbocycles. The van der Waals surface area contributed by atoms with E-state index in [1.54, 1.807) is 30.5 Å². The Hall–Kier alpha value is -2.97. The first-order valence-electron chi connectivity index (χ1n) is 11.5. The molecule has 0 bridgehead atoms. The first kappa shape index (κ1) is 27.1. The number of carbonyl (C=O) groups is 2. The van der Waals surface area contributed by atoms with Gasteiger partial charge in [-0.3, -0.25) is 14.7 Å². The number of rotatable bonds is 8. The van der Waals surface area contributed by atoms with Gasteiger partial charge < -0.3 is 10.4 Å². The van der Waals surface area contributed by atoms with Crippen molar-refractivity contribution in [2.24, 2.45) is 0 Å². The number of pyridine rings is 1. The Labute approximate surface area is 228 Å². The SMILES string of the molecule is O=C(N[C@@H](Cc1ccc(C2=CCN(Cc3ccc(F)c(Cl)c3)CC2)cn1)C(=O)O)c1c(Cl)cccc1Cl. The molecular weight excluding hydrogens is 540 g/mol. The molecule has 4 rings (SSSR count). The van der Waals surface area contributed by atoms with E-state index >= 15 is 0 Å². The molecule has 3 aromatic rings. The highest BCUT2D eigenvalue weighted by Crippen LogP contribution is 2.26. The Morgan fingerprint density at radius 3 is 2.43 bits per heavy atom. The number of nitrogens with zero attached hydrogens (tertiary/aromatic N) is 2. The minimum absolute atomic E-state index is 0.00349. The van der Waals surface area contributed by atoms with Crippen LogP contribution in [0.15, 0.2) is 60.8 Å². The molecular formula is C27H23Cl3FN3O3. The lowest BCUT2D eigenvalue weighted by molar-refractivity contribution is -0.139. The van der Waals surface area contributed by atoms with Crippen LogP contribution in [0.1, 0.15) is 33.6 Å². The van der Waals surface area contributed by atoms with Gasteiger partial charge in [0, 0.05) is 37.9 Å². The molecule has 2 aromatic carbocycles. The van der Waals surface area contributed by atoms with Crippen molar-refractivity contribution < 1.29 is 19.1 Å². The minimum atomic E-state index is -1.21. The Balaban J connectivity index is 1.37. The van der Waals surface area contributed by atoms with Crippen LogP contribution in [0.25, 0.3) is 5.57 Å². The van der Waals surface area contributed by atoms with Crippen LogP contribution in [-0.4, -0.2) is 46.0 Å². The maximum absolute atomic E-state index is 13.4. The molecule has 1 amide bonds. The number of benzene rings is 2. The normalized spacial score (nSPS) is 14.6. The summed E-state index contributed by atoms with van der Waals surface area (Å²) in [5.74, 6) is -2.29. The molecule has 0 saturated heterocycles. The topological polar surface area (TPSA) is 82.5 Å². The number of carboxylic acid groups (broad SMARTS) is 1. The van der Waals surface area contributed by atoms with Crippen LogP contribution in [0.5, 0.6) is 0 Å². The van der Waals surface area contributed by atoms with Crippen LogP contribution in [-0.2, 0) is 17.8 Å². The summed E-state index contributed by atoms with van der Waals surface area (Å²) in [4.78, 5) is 31.1. The molecule has 2 heterocycles. The number of halogens is 4. The summed E-state index contributed by atoms with van der Waals surface area (Å²) in [5.41, 5.74) is 3.59. The average molecular weight is 563 g/mol. The molecule has 1 atom stereocenters. The van der Waals surface area contributed by atoms with E-state index in [1.165, 1.54) is 18.2 Å². The van der Waals surface area contributed by atoms with E-state index in [4.69, 9.17) is 34.8 Å². The van der Waals surface area contributed by atoms with Crippen molar-refractivity contribution >= 4 is 52.3 Å². The van der Waals surface area contributed by atoms with Gasteiger partial charge in [-0.05, 0) is 53.5 Å². The van der Waals surface area contributed by atoms with Crippen molar-refractivity contribution in [3.05, 3.63) is 104 Å². The van der Waals surface area contributed by atoms with Crippen molar-refractivity contribution in [3.63, 3.8) is 0 Å². The van der Waals surface area contributed by atoms with Crippen molar-refractivity contribution in [1.82, 2.24) is 15.2 Å². The molecule has 2 N–H and O–H groups in total. The standard InChI is InChI=1S/C27H23Cl3FN3O3/c28-20-2-1-3-21(29)25(20)26(35)33-24(27(36)37)13-19-6-5-18(14-32-19)17-8-10-34(11-9-17)15-16-4-7-23(31)22(30)12-16/h1-8,12,14,24H,9-11,13,15H2,(H,33,35)(H,36,37)/t24-/m0/s1. The van der Waals surface area contributed by atoms with E-state index in [1.807, 2.05) is 6.07 Å². The zero-order chi connectivity index (χ0) is 26.5. The van der Waals surface area contributed by atoms with E-state index in [9.17, 15) is 19.1 Å². The van der Waals surface area contributed by atoms with E-state index in [0.29, 0.717) is 12.2 Å². The maximum atomic E-state index is 13.4. The van der Waals surface area contributed by atoms with Crippen molar-refractivity contribution in [1.29, 1.82) is 0 Å². The first-order chi connectivity index (χ1) is 17.7. The first-order valence-corrected chi connectivity index (χ1v) is 12.6. The lowest BCUT2D eigenvalue weighted by Crippen LogP contribution is -2.42. The largest absolute Gasteiger partial charge is 0.480 e. The van der Waals surface area contributed by atoms with Gasteiger partial charge in [-0.2, -0.15) is 0 Å². The van der Waals surface area contributed by atoms with Gasteiger partial charge in [-0.25, -0.2) is 9.18 Å². The second kappa shape index (κ2) is 12.0. The van der Waals surface area contributed by atoms with Gasteiger partial charge in [0.05, 0.1) is 20.6 Å². The molecule has 6 nitrogen and oxygen atoms in total. The predicted octanol–water partition coefficient (Wildman–Crippen LogP) is 5.90. The molecule has 37 heavy (non-hydrogen) atoms. The van der Waals surface area contributed by atoms with Gasteiger partial charge >= 0.3 is 5.97 Å². The monoisotopic (exact) mass is 561 g/mol. The summed E-state index contributed by atoms with van der Waals surface area (Å²) in [6, 6.07) is 11.8. The fourth-order valence-corrected chi connectivity index (χ4v) is 4.87. The summed E-state index contributed by atoms with van der Waals surface area (Å²) in [5, 5.41) is 12.5. The molecule has 1 aliphatic rings. The van der Waals surface area contributed by atoms with Gasteiger partial charge in [0.15, 0.2) is 0 Å². The number of carbonyl (C=O) groups excluding carboxylic acids is 1. The fourth-order valence-electron chi connectivity index (χ4n) is 4.10. The van der Waals surface area contributed by atoms with Crippen LogP contribution in [0, 0.1) is 5.82 Å². The average Bonchev–Trinajstić information content (AvgIpc) is 2.87. The van der Waals surface area contributed by atoms with Crippen LogP contribution in [0.2, 0.25) is 15.1 Å². The molecule has 0 saturated carbocycles. The maximum Gasteiger partial charge on any atom is 0.326 e. The lowest BCUT2D eigenvalue weighted by Gasteiger charge is -2.26. The number of carboxylic acids is 1. The number of hydrogen-bond acceptors (Lipinski definition) is 4. The Morgan fingerprint density at radius 1 is 1.08 bits per heavy atom. The number of aromatic nitrogens is 1. The minimum Gasteiger partial charge on any atom is -0.480 e. The zero-order valence-electron chi connectivity index (χ0n) is 19.6. The van der Waals surface area contributed by atoms with E-state index in [2.05, 4.69) is 21.3 Å². The van der Waals surface area contributed by atoms with Crippen molar-refractivity contribution in [2.75, 3.05) is 13.1 Å². The van der Waals surface area contributed by atoms with E-state index < -0.39 is 23.7 Å². The van der Waals surface area contributed by atoms with Crippen LogP contribution in [0.3, 0.4) is 0 Å². The molecule has 1 aliphatic heterocycles. The Bertz CT molecular complexity index is 1330. The summed E-state index contributed by atoms with van der Waals surface area (Å²) in [7, 11) is 0. The number of hydrogen-bond donors (Lipinski definition) is 2. The highest BCUT2D eigenvalue weighted by Gasteiger charge is 2.24. The summed E-state index contributed by atoms with van der Waals surface area (Å²) in [6.45, 7) is 2.22. The number of aliphatic carboxylic acids is 1. The van der Waals surface area contributed by atoms with Gasteiger partial charge in [-0.15, -0.1) is 0 Å². The Morgan fingerprint density at radius 2 is 1.84 bits per heavy atom.